The van der Waals surface area contributed by atoms with Crippen molar-refractivity contribution in [2.75, 3.05) is 13.2 Å². The first kappa shape index (κ1) is 26.8. The molecule has 178 valence electrons. The molecule has 0 aromatic heterocycles. The molecule has 0 fully saturated rings. The number of carbonyl (C=O) groups is 4. The molecule has 0 radical (unpaired) electrons. The van der Waals surface area contributed by atoms with E-state index in [0.717, 1.165) is 0 Å². The molecule has 32 heavy (non-hydrogen) atoms. The molecule has 0 saturated heterocycles. The maximum Gasteiger partial charge on any atom is 0.326 e. The molecule has 0 spiro atoms. The van der Waals surface area contributed by atoms with Crippen LogP contribution in [0.3, 0.4) is 0 Å². The van der Waals surface area contributed by atoms with Crippen molar-refractivity contribution in [1.29, 1.82) is 0 Å². The van der Waals surface area contributed by atoms with Gasteiger partial charge in [0, 0.05) is 0 Å². The number of nitrogens with two attached hydrogens (primary N) is 1. The number of aliphatic hydroxyl groups excluding tert-OH is 2. The van der Waals surface area contributed by atoms with Gasteiger partial charge in [-0.15, -0.1) is 0 Å². The highest BCUT2D eigenvalue weighted by Gasteiger charge is 2.30. The number of phenolic OH excluding ortho intramolecular Hbond substituents is 1. The fourth-order valence-corrected chi connectivity index (χ4v) is 2.69. The van der Waals surface area contributed by atoms with Gasteiger partial charge in [0.05, 0.1) is 19.3 Å². The van der Waals surface area contributed by atoms with Crippen molar-refractivity contribution in [2.45, 2.75) is 44.4 Å². The third kappa shape index (κ3) is 8.13. The van der Waals surface area contributed by atoms with E-state index in [1.165, 1.54) is 12.1 Å². The lowest BCUT2D eigenvalue weighted by Gasteiger charge is -2.24. The Morgan fingerprint density at radius 3 is 1.78 bits per heavy atom. The number of amides is 3. The predicted molar refractivity (Wildman–Crippen MR) is 112 cm³/mol. The number of benzene rings is 1. The summed E-state index contributed by atoms with van der Waals surface area (Å²) in [5.74, 6) is -4.33. The Bertz CT molecular complexity index is 799. The molecule has 0 unspecified atom stereocenters. The van der Waals surface area contributed by atoms with E-state index in [4.69, 9.17) is 10.8 Å². The minimum atomic E-state index is -1.50. The molecule has 0 aliphatic rings. The van der Waals surface area contributed by atoms with E-state index < -0.39 is 67.0 Å². The van der Waals surface area contributed by atoms with E-state index in [1.54, 1.807) is 26.0 Å². The monoisotopic (exact) mass is 454 g/mol. The van der Waals surface area contributed by atoms with Crippen molar-refractivity contribution < 1.29 is 39.6 Å². The number of aliphatic hydroxyl groups is 2. The zero-order chi connectivity index (χ0) is 24.4. The lowest BCUT2D eigenvalue weighted by atomic mass is 10.0. The van der Waals surface area contributed by atoms with Crippen molar-refractivity contribution in [3.8, 4) is 5.75 Å². The number of phenols is 1. The molecule has 0 bridgehead atoms. The maximum absolute atomic E-state index is 12.4. The fourth-order valence-electron chi connectivity index (χ4n) is 2.69. The van der Waals surface area contributed by atoms with Crippen molar-refractivity contribution in [2.24, 2.45) is 11.7 Å². The van der Waals surface area contributed by atoms with Crippen molar-refractivity contribution in [1.82, 2.24) is 16.0 Å². The van der Waals surface area contributed by atoms with Gasteiger partial charge in [-0.25, -0.2) is 4.79 Å². The van der Waals surface area contributed by atoms with Crippen LogP contribution in [-0.4, -0.2) is 81.5 Å². The lowest BCUT2D eigenvalue weighted by molar-refractivity contribution is -0.143. The average molecular weight is 454 g/mol. The van der Waals surface area contributed by atoms with Crippen LogP contribution in [0.15, 0.2) is 24.3 Å². The molecular weight excluding hydrogens is 424 g/mol. The van der Waals surface area contributed by atoms with Gasteiger partial charge in [-0.1, -0.05) is 26.0 Å². The van der Waals surface area contributed by atoms with Crippen LogP contribution in [-0.2, 0) is 25.6 Å². The minimum Gasteiger partial charge on any atom is -0.508 e. The largest absolute Gasteiger partial charge is 0.508 e. The number of carboxylic acids is 1. The van der Waals surface area contributed by atoms with Crippen LogP contribution in [0.5, 0.6) is 5.75 Å². The van der Waals surface area contributed by atoms with Crippen LogP contribution >= 0.6 is 0 Å². The third-order valence-corrected chi connectivity index (χ3v) is 4.59. The summed E-state index contributed by atoms with van der Waals surface area (Å²) < 4.78 is 0. The third-order valence-electron chi connectivity index (χ3n) is 4.59. The Morgan fingerprint density at radius 2 is 1.34 bits per heavy atom. The molecule has 1 aromatic rings. The summed E-state index contributed by atoms with van der Waals surface area (Å²) >= 11 is 0. The van der Waals surface area contributed by atoms with Gasteiger partial charge in [-0.05, 0) is 30.0 Å². The van der Waals surface area contributed by atoms with E-state index in [-0.39, 0.29) is 12.2 Å². The smallest absolute Gasteiger partial charge is 0.326 e. The van der Waals surface area contributed by atoms with Crippen molar-refractivity contribution >= 4 is 23.7 Å². The van der Waals surface area contributed by atoms with Gasteiger partial charge >= 0.3 is 5.97 Å². The highest BCUT2D eigenvalue weighted by atomic mass is 16.4. The summed E-state index contributed by atoms with van der Waals surface area (Å²) in [6, 6.07) is 0.738. The Kier molecular flexibility index (Phi) is 10.5. The summed E-state index contributed by atoms with van der Waals surface area (Å²) in [5.41, 5.74) is 6.49. The first-order chi connectivity index (χ1) is 15.0. The number of aliphatic carboxylic acids is 1. The molecule has 3 amide bonds. The summed E-state index contributed by atoms with van der Waals surface area (Å²) in [6.45, 7) is 1.50. The minimum absolute atomic E-state index is 0.0503. The number of hydrogen-bond donors (Lipinski definition) is 8. The van der Waals surface area contributed by atoms with Gasteiger partial charge < -0.3 is 42.1 Å². The van der Waals surface area contributed by atoms with Crippen LogP contribution in [0.1, 0.15) is 19.4 Å². The summed E-state index contributed by atoms with van der Waals surface area (Å²) in [4.78, 5) is 48.2. The zero-order valence-electron chi connectivity index (χ0n) is 17.8. The number of carboxylic acid groups (broad SMARTS) is 1. The number of rotatable bonds is 12. The Hall–Kier alpha value is -3.22. The molecule has 12 nitrogen and oxygen atoms in total. The molecule has 4 atom stereocenters. The van der Waals surface area contributed by atoms with Gasteiger partial charge in [0.15, 0.2) is 0 Å². The topological polar surface area (TPSA) is 211 Å². The van der Waals surface area contributed by atoms with Crippen LogP contribution in [0.2, 0.25) is 0 Å². The normalized spacial score (nSPS) is 14.7. The number of aromatic hydroxyl groups is 1. The molecule has 0 aliphatic carbocycles. The van der Waals surface area contributed by atoms with E-state index in [9.17, 15) is 34.5 Å². The lowest BCUT2D eigenvalue weighted by Crippen LogP contribution is -2.59. The Balaban J connectivity index is 2.72. The van der Waals surface area contributed by atoms with Gasteiger partial charge in [0.1, 0.15) is 23.9 Å². The quantitative estimate of drug-likeness (QED) is 0.167. The highest BCUT2D eigenvalue weighted by Crippen LogP contribution is 2.11. The first-order valence-electron chi connectivity index (χ1n) is 9.89. The van der Waals surface area contributed by atoms with E-state index >= 15 is 0 Å². The van der Waals surface area contributed by atoms with Crippen LogP contribution in [0, 0.1) is 5.92 Å². The summed E-state index contributed by atoms with van der Waals surface area (Å²) in [6.07, 6.45) is 0.0966. The second-order valence-corrected chi connectivity index (χ2v) is 7.53. The number of nitrogens with one attached hydrogen (secondary N) is 3. The molecule has 0 aliphatic heterocycles. The fraction of sp³-hybridized carbons (Fsp3) is 0.500. The number of carbonyl (C=O) groups excluding carboxylic acids is 3. The van der Waals surface area contributed by atoms with Crippen molar-refractivity contribution in [3.63, 3.8) is 0 Å². The molecule has 9 N–H and O–H groups in total. The van der Waals surface area contributed by atoms with Crippen LogP contribution < -0.4 is 21.7 Å². The highest BCUT2D eigenvalue weighted by molar-refractivity contribution is 5.94. The Morgan fingerprint density at radius 1 is 0.875 bits per heavy atom. The molecular formula is C20H30N4O8. The van der Waals surface area contributed by atoms with Gasteiger partial charge in [0.25, 0.3) is 0 Å². The van der Waals surface area contributed by atoms with Crippen molar-refractivity contribution in [3.05, 3.63) is 29.8 Å². The molecule has 1 aromatic carbocycles. The first-order valence-corrected chi connectivity index (χ1v) is 9.89. The van der Waals surface area contributed by atoms with Crippen LogP contribution in [0.4, 0.5) is 0 Å². The second kappa shape index (κ2) is 12.6. The van der Waals surface area contributed by atoms with Crippen LogP contribution in [0.25, 0.3) is 0 Å². The average Bonchev–Trinajstić information content (AvgIpc) is 2.74. The zero-order valence-corrected chi connectivity index (χ0v) is 17.8. The maximum atomic E-state index is 12.4. The van der Waals surface area contributed by atoms with Gasteiger partial charge in [0.2, 0.25) is 17.7 Å². The predicted octanol–water partition coefficient (Wildman–Crippen LogP) is -2.56. The van der Waals surface area contributed by atoms with E-state index in [0.29, 0.717) is 5.56 Å². The van der Waals surface area contributed by atoms with E-state index in [2.05, 4.69) is 16.0 Å². The SMILES string of the molecule is CC(C)[C@H](NC(=O)[C@H](CO)NC(=O)[C@H](CO)NC(=O)[C@@H](N)Cc1ccc(O)cc1)C(=O)O. The van der Waals surface area contributed by atoms with Gasteiger partial charge in [-0.3, -0.25) is 14.4 Å². The Labute approximate surface area is 184 Å². The van der Waals surface area contributed by atoms with E-state index in [1.807, 2.05) is 0 Å². The second-order valence-electron chi connectivity index (χ2n) is 7.53. The molecule has 1 rings (SSSR count). The summed E-state index contributed by atoms with van der Waals surface area (Å²) in [7, 11) is 0. The summed E-state index contributed by atoms with van der Waals surface area (Å²) in [5, 5.41) is 44.0. The standard InChI is InChI=1S/C20H30N4O8/c1-10(2)16(20(31)32)24-19(30)15(9-26)23-18(29)14(8-25)22-17(28)13(21)7-11-3-5-12(27)6-4-11/h3-6,10,13-16,25-27H,7-9,21H2,1-2H3,(H,22,28)(H,23,29)(H,24,30)(H,31,32)/t13-,14-,15-,16-/m0/s1. The molecule has 0 heterocycles. The molecule has 0 saturated carbocycles. The number of hydrogen-bond acceptors (Lipinski definition) is 8. The van der Waals surface area contributed by atoms with Gasteiger partial charge in [-0.2, -0.15) is 0 Å². The molecule has 12 heteroatoms.